The predicted molar refractivity (Wildman–Crippen MR) is 204 cm³/mol. The van der Waals surface area contributed by atoms with E-state index in [9.17, 15) is 5.26 Å². The highest BCUT2D eigenvalue weighted by atomic mass is 15.0. The molecule has 0 saturated heterocycles. The molecule has 4 nitrogen and oxygen atoms in total. The van der Waals surface area contributed by atoms with Crippen LogP contribution in [0.4, 0.5) is 0 Å². The molecule has 0 atom stereocenters. The van der Waals surface area contributed by atoms with E-state index in [1.54, 1.807) is 0 Å². The molecule has 0 unspecified atom stereocenters. The third kappa shape index (κ3) is 5.24. The van der Waals surface area contributed by atoms with E-state index in [1.807, 2.05) is 66.7 Å². The van der Waals surface area contributed by atoms with E-state index < -0.39 is 0 Å². The molecule has 1 aromatic heterocycles. The maximum Gasteiger partial charge on any atom is 0.164 e. The molecular formula is C46H28N4. The smallest absolute Gasteiger partial charge is 0.164 e. The molecule has 0 spiro atoms. The second-order valence-corrected chi connectivity index (χ2v) is 12.4. The number of hydrogen-bond donors (Lipinski definition) is 0. The van der Waals surface area contributed by atoms with E-state index in [-0.39, 0.29) is 0 Å². The Morgan fingerprint density at radius 1 is 0.340 bits per heavy atom. The van der Waals surface area contributed by atoms with Crippen LogP contribution in [0.25, 0.3) is 88.7 Å². The number of nitrogens with zero attached hydrogens (tertiary/aromatic N) is 4. The van der Waals surface area contributed by atoms with E-state index in [1.165, 1.54) is 37.9 Å². The summed E-state index contributed by atoms with van der Waals surface area (Å²) in [6.45, 7) is 0. The van der Waals surface area contributed by atoms with Gasteiger partial charge in [0.2, 0.25) is 0 Å². The van der Waals surface area contributed by atoms with Gasteiger partial charge in [-0.1, -0.05) is 146 Å². The first-order chi connectivity index (χ1) is 24.7. The van der Waals surface area contributed by atoms with E-state index in [0.717, 1.165) is 33.4 Å². The average molecular weight is 637 g/mol. The fraction of sp³-hybridized carbons (Fsp3) is 0. The van der Waals surface area contributed by atoms with E-state index >= 15 is 0 Å². The molecule has 0 aliphatic carbocycles. The third-order valence-corrected chi connectivity index (χ3v) is 9.34. The zero-order chi connectivity index (χ0) is 33.4. The van der Waals surface area contributed by atoms with Crippen LogP contribution < -0.4 is 0 Å². The van der Waals surface area contributed by atoms with Crippen LogP contribution in [-0.4, -0.2) is 15.0 Å². The molecule has 0 bridgehead atoms. The molecule has 9 aromatic rings. The highest BCUT2D eigenvalue weighted by Crippen LogP contribution is 2.40. The van der Waals surface area contributed by atoms with Crippen LogP contribution in [0.2, 0.25) is 0 Å². The van der Waals surface area contributed by atoms with E-state index in [2.05, 4.69) is 109 Å². The van der Waals surface area contributed by atoms with Crippen LogP contribution in [0.1, 0.15) is 5.56 Å². The molecule has 8 aromatic carbocycles. The Balaban J connectivity index is 1.17. The minimum absolute atomic E-state index is 0.598. The SMILES string of the molecule is N#Cc1ccc(-c2cccc(-c3nc(-c4ccccc4)nc(-c4ccc(-c5c6ccccc6cc6c5ccc5ccccc56)cc4)n3)c2)cc1. The molecule has 0 fully saturated rings. The summed E-state index contributed by atoms with van der Waals surface area (Å²) >= 11 is 0. The largest absolute Gasteiger partial charge is 0.208 e. The van der Waals surface area contributed by atoms with Crippen molar-refractivity contribution in [1.82, 2.24) is 15.0 Å². The fourth-order valence-electron chi connectivity index (χ4n) is 6.84. The van der Waals surface area contributed by atoms with Gasteiger partial charge in [0.15, 0.2) is 17.5 Å². The lowest BCUT2D eigenvalue weighted by Gasteiger charge is -2.14. The maximum absolute atomic E-state index is 9.25. The van der Waals surface area contributed by atoms with Crippen molar-refractivity contribution in [3.05, 3.63) is 175 Å². The van der Waals surface area contributed by atoms with Crippen LogP contribution in [0.3, 0.4) is 0 Å². The van der Waals surface area contributed by atoms with Gasteiger partial charge in [0, 0.05) is 16.7 Å². The summed E-state index contributed by atoms with van der Waals surface area (Å²) < 4.78 is 0. The molecule has 0 amide bonds. The molecule has 0 aliphatic heterocycles. The van der Waals surface area contributed by atoms with Crippen molar-refractivity contribution in [1.29, 1.82) is 5.26 Å². The second kappa shape index (κ2) is 12.2. The molecule has 4 heteroatoms. The Labute approximate surface area is 289 Å². The van der Waals surface area contributed by atoms with Crippen LogP contribution in [-0.2, 0) is 0 Å². The van der Waals surface area contributed by atoms with Crippen LogP contribution in [0.15, 0.2) is 170 Å². The van der Waals surface area contributed by atoms with Gasteiger partial charge in [-0.3, -0.25) is 0 Å². The van der Waals surface area contributed by atoms with Gasteiger partial charge < -0.3 is 0 Å². The fourth-order valence-corrected chi connectivity index (χ4v) is 6.84. The van der Waals surface area contributed by atoms with Gasteiger partial charge in [0.25, 0.3) is 0 Å². The molecule has 0 saturated carbocycles. The standard InChI is InChI=1S/C46H28N4/c47-29-30-17-19-31(20-18-30)36-13-8-14-38(27-36)46-49-44(34-10-2-1-3-11-34)48-45(50-46)35-23-21-33(22-24-35)43-40-16-7-5-12-37(40)28-42-39-15-6-4-9-32(39)25-26-41(42)43/h1-28H. The lowest BCUT2D eigenvalue weighted by Crippen LogP contribution is -2.00. The van der Waals surface area contributed by atoms with E-state index in [0.29, 0.717) is 23.0 Å². The average Bonchev–Trinajstić information content (AvgIpc) is 3.20. The third-order valence-electron chi connectivity index (χ3n) is 9.34. The number of nitriles is 1. The molecule has 50 heavy (non-hydrogen) atoms. The summed E-state index contributed by atoms with van der Waals surface area (Å²) in [7, 11) is 0. The van der Waals surface area contributed by atoms with Crippen LogP contribution >= 0.6 is 0 Å². The van der Waals surface area contributed by atoms with Gasteiger partial charge in [-0.15, -0.1) is 0 Å². The molecule has 0 radical (unpaired) electrons. The van der Waals surface area contributed by atoms with Gasteiger partial charge in [-0.25, -0.2) is 15.0 Å². The van der Waals surface area contributed by atoms with Gasteiger partial charge in [0.05, 0.1) is 11.6 Å². The highest BCUT2D eigenvalue weighted by Gasteiger charge is 2.15. The lowest BCUT2D eigenvalue weighted by atomic mass is 9.89. The van der Waals surface area contributed by atoms with Crippen molar-refractivity contribution in [2.75, 3.05) is 0 Å². The molecule has 0 aliphatic rings. The number of rotatable bonds is 5. The van der Waals surface area contributed by atoms with Crippen molar-refractivity contribution in [3.8, 4) is 62.5 Å². The normalized spacial score (nSPS) is 11.2. The van der Waals surface area contributed by atoms with Crippen LogP contribution in [0.5, 0.6) is 0 Å². The lowest BCUT2D eigenvalue weighted by molar-refractivity contribution is 1.07. The zero-order valence-electron chi connectivity index (χ0n) is 27.0. The Bertz CT molecular complexity index is 2740. The first-order valence-corrected chi connectivity index (χ1v) is 16.6. The van der Waals surface area contributed by atoms with Gasteiger partial charge in [0.1, 0.15) is 0 Å². The summed E-state index contributed by atoms with van der Waals surface area (Å²) in [5.41, 5.74) is 7.75. The molecule has 9 rings (SSSR count). The van der Waals surface area contributed by atoms with E-state index in [4.69, 9.17) is 15.0 Å². The molecular weight excluding hydrogens is 609 g/mol. The van der Waals surface area contributed by atoms with Gasteiger partial charge >= 0.3 is 0 Å². The second-order valence-electron chi connectivity index (χ2n) is 12.4. The highest BCUT2D eigenvalue weighted by molar-refractivity contribution is 6.20. The first-order valence-electron chi connectivity index (χ1n) is 16.6. The molecule has 232 valence electrons. The Morgan fingerprint density at radius 2 is 0.900 bits per heavy atom. The predicted octanol–water partition coefficient (Wildman–Crippen LogP) is 11.5. The maximum atomic E-state index is 9.25. The summed E-state index contributed by atoms with van der Waals surface area (Å²) in [6, 6.07) is 60.6. The number of fused-ring (bicyclic) bond motifs is 4. The Kier molecular flexibility index (Phi) is 7.15. The quantitative estimate of drug-likeness (QED) is 0.139. The van der Waals surface area contributed by atoms with Crippen molar-refractivity contribution in [2.45, 2.75) is 0 Å². The summed E-state index contributed by atoms with van der Waals surface area (Å²) in [4.78, 5) is 15.0. The first kappa shape index (κ1) is 29.2. The summed E-state index contributed by atoms with van der Waals surface area (Å²) in [5, 5.41) is 16.7. The minimum atomic E-state index is 0.598. The van der Waals surface area contributed by atoms with Gasteiger partial charge in [-0.05, 0) is 78.8 Å². The van der Waals surface area contributed by atoms with Gasteiger partial charge in [-0.2, -0.15) is 5.26 Å². The van der Waals surface area contributed by atoms with Crippen LogP contribution in [0, 0.1) is 11.3 Å². The zero-order valence-corrected chi connectivity index (χ0v) is 27.0. The van der Waals surface area contributed by atoms with Crippen molar-refractivity contribution >= 4 is 32.3 Å². The van der Waals surface area contributed by atoms with Crippen molar-refractivity contribution < 1.29 is 0 Å². The number of benzene rings is 8. The Morgan fingerprint density at radius 3 is 1.64 bits per heavy atom. The topological polar surface area (TPSA) is 62.5 Å². The Hall–Kier alpha value is -6.96. The molecule has 1 heterocycles. The summed E-state index contributed by atoms with van der Waals surface area (Å²) in [6.07, 6.45) is 0. The summed E-state index contributed by atoms with van der Waals surface area (Å²) in [5.74, 6) is 1.82. The minimum Gasteiger partial charge on any atom is -0.208 e. The van der Waals surface area contributed by atoms with Crippen molar-refractivity contribution in [3.63, 3.8) is 0 Å². The number of aromatic nitrogens is 3. The molecule has 0 N–H and O–H groups in total. The monoisotopic (exact) mass is 636 g/mol. The number of hydrogen-bond acceptors (Lipinski definition) is 4. The van der Waals surface area contributed by atoms with Crippen molar-refractivity contribution in [2.24, 2.45) is 0 Å².